The van der Waals surface area contributed by atoms with Gasteiger partial charge in [-0.05, 0) is 30.5 Å². The number of aliphatic hydroxyl groups excluding tert-OH is 3. The van der Waals surface area contributed by atoms with Crippen LogP contribution in [0.5, 0.6) is 0 Å². The average molecular weight is 270 g/mol. The van der Waals surface area contributed by atoms with E-state index >= 15 is 0 Å². The smallest absolute Gasteiger partial charge is 0.126 e. The van der Waals surface area contributed by atoms with Crippen molar-refractivity contribution in [3.05, 3.63) is 35.1 Å². The Balaban J connectivity index is 2.20. The standard InChI is InChI=1S/C14H19FO4/c1-3-8-4-5-9(6-10(8)15)12(17)14-13(18)11(16)7(2)19-14/h4-7,11-14,16-18H,3H2,1-2H3. The molecule has 1 aliphatic heterocycles. The van der Waals surface area contributed by atoms with E-state index in [0.29, 0.717) is 17.5 Å². The normalized spacial score (nSPS) is 32.5. The minimum atomic E-state index is -1.18. The molecule has 1 heterocycles. The molecule has 0 spiro atoms. The molecule has 3 N–H and O–H groups in total. The van der Waals surface area contributed by atoms with E-state index in [-0.39, 0.29) is 5.82 Å². The highest BCUT2D eigenvalue weighted by molar-refractivity contribution is 5.27. The van der Waals surface area contributed by atoms with E-state index in [1.54, 1.807) is 19.1 Å². The van der Waals surface area contributed by atoms with Crippen LogP contribution in [-0.2, 0) is 11.2 Å². The van der Waals surface area contributed by atoms with Crippen molar-refractivity contribution in [3.8, 4) is 0 Å². The number of aryl methyl sites for hydroxylation is 1. The summed E-state index contributed by atoms with van der Waals surface area (Å²) < 4.78 is 19.0. The number of hydrogen-bond donors (Lipinski definition) is 3. The lowest BCUT2D eigenvalue weighted by atomic mass is 9.97. The zero-order valence-corrected chi connectivity index (χ0v) is 11.0. The van der Waals surface area contributed by atoms with Crippen molar-refractivity contribution >= 4 is 0 Å². The number of aliphatic hydroxyl groups is 3. The van der Waals surface area contributed by atoms with Gasteiger partial charge in [-0.15, -0.1) is 0 Å². The van der Waals surface area contributed by atoms with Gasteiger partial charge in [0, 0.05) is 0 Å². The predicted molar refractivity (Wildman–Crippen MR) is 67.1 cm³/mol. The lowest BCUT2D eigenvalue weighted by molar-refractivity contribution is -0.0636. The highest BCUT2D eigenvalue weighted by Crippen LogP contribution is 2.31. The number of rotatable bonds is 3. The van der Waals surface area contributed by atoms with Crippen molar-refractivity contribution in [3.63, 3.8) is 0 Å². The molecule has 106 valence electrons. The van der Waals surface area contributed by atoms with Crippen LogP contribution >= 0.6 is 0 Å². The molecule has 19 heavy (non-hydrogen) atoms. The van der Waals surface area contributed by atoms with Gasteiger partial charge < -0.3 is 20.1 Å². The monoisotopic (exact) mass is 270 g/mol. The summed E-state index contributed by atoms with van der Waals surface area (Å²) in [6.07, 6.45) is -4.33. The lowest BCUT2D eigenvalue weighted by Crippen LogP contribution is -2.34. The molecule has 5 heteroatoms. The summed E-state index contributed by atoms with van der Waals surface area (Å²) in [5.74, 6) is -0.389. The zero-order chi connectivity index (χ0) is 14.2. The van der Waals surface area contributed by atoms with Crippen molar-refractivity contribution in [1.29, 1.82) is 0 Å². The van der Waals surface area contributed by atoms with Crippen LogP contribution in [0.25, 0.3) is 0 Å². The largest absolute Gasteiger partial charge is 0.388 e. The molecule has 1 fully saturated rings. The molecule has 1 saturated heterocycles. The first-order valence-corrected chi connectivity index (χ1v) is 6.43. The van der Waals surface area contributed by atoms with Gasteiger partial charge in [0.25, 0.3) is 0 Å². The van der Waals surface area contributed by atoms with E-state index in [9.17, 15) is 19.7 Å². The second-order valence-corrected chi connectivity index (χ2v) is 4.94. The SMILES string of the molecule is CCc1ccc(C(O)C2OC(C)C(O)C2O)cc1F. The van der Waals surface area contributed by atoms with Crippen LogP contribution < -0.4 is 0 Å². The fourth-order valence-corrected chi connectivity index (χ4v) is 2.37. The first-order valence-electron chi connectivity index (χ1n) is 6.43. The van der Waals surface area contributed by atoms with Gasteiger partial charge in [-0.3, -0.25) is 0 Å². The van der Waals surface area contributed by atoms with Crippen molar-refractivity contribution in [1.82, 2.24) is 0 Å². The van der Waals surface area contributed by atoms with Crippen molar-refractivity contribution in [2.75, 3.05) is 0 Å². The molecular formula is C14H19FO4. The van der Waals surface area contributed by atoms with E-state index in [1.807, 2.05) is 6.92 Å². The number of benzene rings is 1. The van der Waals surface area contributed by atoms with Crippen LogP contribution in [0, 0.1) is 5.82 Å². The highest BCUT2D eigenvalue weighted by Gasteiger charge is 2.44. The van der Waals surface area contributed by atoms with Crippen LogP contribution in [0.3, 0.4) is 0 Å². The van der Waals surface area contributed by atoms with E-state index in [0.717, 1.165) is 0 Å². The van der Waals surface area contributed by atoms with Gasteiger partial charge in [-0.25, -0.2) is 4.39 Å². The second kappa shape index (κ2) is 5.54. The molecule has 5 unspecified atom stereocenters. The van der Waals surface area contributed by atoms with Gasteiger partial charge in [0.05, 0.1) is 6.10 Å². The average Bonchev–Trinajstić information content (AvgIpc) is 2.65. The predicted octanol–water partition coefficient (Wildman–Crippen LogP) is 0.931. The Bertz CT molecular complexity index is 451. The third-order valence-corrected chi connectivity index (χ3v) is 3.65. The van der Waals surface area contributed by atoms with Gasteiger partial charge in [0.15, 0.2) is 0 Å². The molecule has 0 radical (unpaired) electrons. The molecule has 1 aromatic rings. The summed E-state index contributed by atoms with van der Waals surface area (Å²) in [6.45, 7) is 3.46. The lowest BCUT2D eigenvalue weighted by Gasteiger charge is -2.21. The topological polar surface area (TPSA) is 69.9 Å². The Hall–Kier alpha value is -1.01. The van der Waals surface area contributed by atoms with Crippen LogP contribution in [0.1, 0.15) is 31.1 Å². The van der Waals surface area contributed by atoms with Crippen LogP contribution in [0.4, 0.5) is 4.39 Å². The summed E-state index contributed by atoms with van der Waals surface area (Å²) in [4.78, 5) is 0. The Morgan fingerprint density at radius 3 is 2.47 bits per heavy atom. The molecule has 0 bridgehead atoms. The Labute approximate surface area is 111 Å². The van der Waals surface area contributed by atoms with E-state index < -0.39 is 30.5 Å². The van der Waals surface area contributed by atoms with E-state index in [1.165, 1.54) is 6.07 Å². The van der Waals surface area contributed by atoms with Crippen LogP contribution in [0.2, 0.25) is 0 Å². The fourth-order valence-electron chi connectivity index (χ4n) is 2.37. The maximum atomic E-state index is 13.7. The summed E-state index contributed by atoms with van der Waals surface area (Å²) in [7, 11) is 0. The summed E-state index contributed by atoms with van der Waals surface area (Å²) in [6, 6.07) is 4.46. The van der Waals surface area contributed by atoms with Crippen LogP contribution in [-0.4, -0.2) is 39.7 Å². The van der Waals surface area contributed by atoms with Gasteiger partial charge in [-0.2, -0.15) is 0 Å². The fraction of sp³-hybridized carbons (Fsp3) is 0.571. The Morgan fingerprint density at radius 1 is 1.32 bits per heavy atom. The summed E-state index contributed by atoms with van der Waals surface area (Å²) >= 11 is 0. The van der Waals surface area contributed by atoms with E-state index in [2.05, 4.69) is 0 Å². The minimum absolute atomic E-state index is 0.333. The summed E-state index contributed by atoms with van der Waals surface area (Å²) in [5.41, 5.74) is 0.900. The Kier molecular flexibility index (Phi) is 4.20. The molecule has 2 rings (SSSR count). The van der Waals surface area contributed by atoms with Gasteiger partial charge >= 0.3 is 0 Å². The van der Waals surface area contributed by atoms with Crippen LogP contribution in [0.15, 0.2) is 18.2 Å². The second-order valence-electron chi connectivity index (χ2n) is 4.94. The molecule has 4 nitrogen and oxygen atoms in total. The van der Waals surface area contributed by atoms with Crippen molar-refractivity contribution in [2.45, 2.75) is 50.8 Å². The zero-order valence-electron chi connectivity index (χ0n) is 11.0. The molecule has 1 aliphatic rings. The molecule has 1 aromatic carbocycles. The molecular weight excluding hydrogens is 251 g/mol. The van der Waals surface area contributed by atoms with Gasteiger partial charge in [0.1, 0.15) is 30.2 Å². The van der Waals surface area contributed by atoms with E-state index in [4.69, 9.17) is 4.74 Å². The highest BCUT2D eigenvalue weighted by atomic mass is 19.1. The molecule has 0 saturated carbocycles. The van der Waals surface area contributed by atoms with Gasteiger partial charge in [0.2, 0.25) is 0 Å². The Morgan fingerprint density at radius 2 is 2.00 bits per heavy atom. The first-order chi connectivity index (χ1) is 8.95. The van der Waals surface area contributed by atoms with Crippen molar-refractivity contribution < 1.29 is 24.4 Å². The third kappa shape index (κ3) is 2.65. The molecule has 0 amide bonds. The number of halogens is 1. The molecule has 0 aromatic heterocycles. The van der Waals surface area contributed by atoms with Crippen molar-refractivity contribution in [2.24, 2.45) is 0 Å². The minimum Gasteiger partial charge on any atom is -0.388 e. The third-order valence-electron chi connectivity index (χ3n) is 3.65. The summed E-state index contributed by atoms with van der Waals surface area (Å²) in [5, 5.41) is 29.6. The molecule has 0 aliphatic carbocycles. The molecule has 5 atom stereocenters. The maximum absolute atomic E-state index is 13.7. The maximum Gasteiger partial charge on any atom is 0.126 e. The number of ether oxygens (including phenoxy) is 1. The first kappa shape index (κ1) is 14.4. The number of hydrogen-bond acceptors (Lipinski definition) is 4. The quantitative estimate of drug-likeness (QED) is 0.764. The van der Waals surface area contributed by atoms with Gasteiger partial charge in [-0.1, -0.05) is 19.1 Å².